The molecule has 5 heteroatoms. The van der Waals surface area contributed by atoms with Crippen molar-refractivity contribution in [3.63, 3.8) is 0 Å². The molecule has 1 fully saturated rings. The molecule has 0 heterocycles. The SMILES string of the molecule is CC1(CNC(=O)N[C@@H]2CCC[C@H](C(N)=O)C2)Cc2ccccc2C1. The molecule has 0 radical (unpaired) electrons. The average Bonchev–Trinajstić information content (AvgIpc) is 2.90. The standard InChI is InChI=1S/C19H27N3O2/c1-19(10-14-5-2-3-6-15(14)11-19)12-21-18(24)22-16-8-4-7-13(9-16)17(20)23/h2-3,5-6,13,16H,4,7-12H2,1H3,(H2,20,23)(H2,21,22,24)/t13-,16+/m0/s1. The van der Waals surface area contributed by atoms with Crippen molar-refractivity contribution < 1.29 is 9.59 Å². The Kier molecular flexibility index (Phi) is 4.78. The summed E-state index contributed by atoms with van der Waals surface area (Å²) in [7, 11) is 0. The number of urea groups is 1. The van der Waals surface area contributed by atoms with E-state index in [2.05, 4.69) is 41.8 Å². The molecule has 3 amide bonds. The summed E-state index contributed by atoms with van der Waals surface area (Å²) >= 11 is 0. The average molecular weight is 329 g/mol. The number of fused-ring (bicyclic) bond motifs is 1. The van der Waals surface area contributed by atoms with Crippen molar-refractivity contribution in [2.75, 3.05) is 6.54 Å². The molecule has 2 aliphatic carbocycles. The number of hydrogen-bond donors (Lipinski definition) is 3. The third-order valence-corrected chi connectivity index (χ3v) is 5.44. The lowest BCUT2D eigenvalue weighted by atomic mass is 9.85. The predicted octanol–water partition coefficient (Wildman–Crippen LogP) is 2.13. The molecule has 4 N–H and O–H groups in total. The van der Waals surface area contributed by atoms with E-state index in [-0.39, 0.29) is 29.3 Å². The summed E-state index contributed by atoms with van der Waals surface area (Å²) in [5, 5.41) is 6.03. The van der Waals surface area contributed by atoms with Crippen molar-refractivity contribution in [2.45, 2.75) is 51.5 Å². The first-order valence-corrected chi connectivity index (χ1v) is 8.86. The van der Waals surface area contributed by atoms with E-state index in [1.54, 1.807) is 0 Å². The Morgan fingerprint density at radius 2 is 1.88 bits per heavy atom. The minimum atomic E-state index is -0.252. The molecule has 2 aliphatic rings. The molecule has 0 spiro atoms. The smallest absolute Gasteiger partial charge is 0.315 e. The van der Waals surface area contributed by atoms with Crippen LogP contribution in [0, 0.1) is 11.3 Å². The molecule has 1 aromatic rings. The quantitative estimate of drug-likeness (QED) is 0.790. The Morgan fingerprint density at radius 3 is 2.50 bits per heavy atom. The second kappa shape index (κ2) is 6.83. The van der Waals surface area contributed by atoms with Crippen LogP contribution >= 0.6 is 0 Å². The lowest BCUT2D eigenvalue weighted by Crippen LogP contribution is -2.48. The zero-order valence-corrected chi connectivity index (χ0v) is 14.3. The minimum Gasteiger partial charge on any atom is -0.369 e. The highest BCUT2D eigenvalue weighted by Crippen LogP contribution is 2.35. The van der Waals surface area contributed by atoms with E-state index in [9.17, 15) is 9.59 Å². The topological polar surface area (TPSA) is 84.2 Å². The van der Waals surface area contributed by atoms with Gasteiger partial charge in [0.2, 0.25) is 5.91 Å². The highest BCUT2D eigenvalue weighted by atomic mass is 16.2. The third-order valence-electron chi connectivity index (χ3n) is 5.44. The summed E-state index contributed by atoms with van der Waals surface area (Å²) in [5.74, 6) is -0.357. The van der Waals surface area contributed by atoms with Crippen molar-refractivity contribution in [3.8, 4) is 0 Å². The van der Waals surface area contributed by atoms with Gasteiger partial charge in [0.1, 0.15) is 0 Å². The van der Waals surface area contributed by atoms with Crippen molar-refractivity contribution in [1.82, 2.24) is 10.6 Å². The molecule has 0 aromatic heterocycles. The van der Waals surface area contributed by atoms with Gasteiger partial charge in [-0.15, -0.1) is 0 Å². The van der Waals surface area contributed by atoms with Gasteiger partial charge in [0.15, 0.2) is 0 Å². The predicted molar refractivity (Wildman–Crippen MR) is 93.4 cm³/mol. The number of primary amides is 1. The monoisotopic (exact) mass is 329 g/mol. The molecule has 0 bridgehead atoms. The van der Waals surface area contributed by atoms with Crippen LogP contribution in [0.5, 0.6) is 0 Å². The molecule has 3 rings (SSSR count). The molecule has 1 saturated carbocycles. The van der Waals surface area contributed by atoms with Crippen molar-refractivity contribution in [1.29, 1.82) is 0 Å². The normalized spacial score (nSPS) is 24.9. The molecular weight excluding hydrogens is 302 g/mol. The number of nitrogens with two attached hydrogens (primary N) is 1. The van der Waals surface area contributed by atoms with Crippen LogP contribution in [0.15, 0.2) is 24.3 Å². The first-order chi connectivity index (χ1) is 11.5. The Balaban J connectivity index is 1.47. The lowest BCUT2D eigenvalue weighted by molar-refractivity contribution is -0.122. The van der Waals surface area contributed by atoms with E-state index < -0.39 is 0 Å². The number of amides is 3. The minimum absolute atomic E-state index is 0.0461. The zero-order chi connectivity index (χ0) is 17.2. The maximum absolute atomic E-state index is 12.2. The van der Waals surface area contributed by atoms with Crippen LogP contribution in [0.2, 0.25) is 0 Å². The number of benzene rings is 1. The molecule has 0 unspecified atom stereocenters. The van der Waals surface area contributed by atoms with E-state index in [0.717, 1.165) is 32.1 Å². The molecule has 1 aromatic carbocycles. The van der Waals surface area contributed by atoms with Gasteiger partial charge in [-0.25, -0.2) is 4.79 Å². The summed E-state index contributed by atoms with van der Waals surface area (Å²) in [5.41, 5.74) is 8.24. The fourth-order valence-electron chi connectivity index (χ4n) is 4.12. The Morgan fingerprint density at radius 1 is 1.21 bits per heavy atom. The number of carbonyl (C=O) groups is 2. The largest absolute Gasteiger partial charge is 0.369 e. The van der Waals surface area contributed by atoms with Crippen molar-refractivity contribution in [3.05, 3.63) is 35.4 Å². The summed E-state index contributed by atoms with van der Waals surface area (Å²) in [6.45, 7) is 2.87. The second-order valence-electron chi connectivity index (χ2n) is 7.72. The maximum Gasteiger partial charge on any atom is 0.315 e. The van der Waals surface area contributed by atoms with Gasteiger partial charge in [0.25, 0.3) is 0 Å². The van der Waals surface area contributed by atoms with Gasteiger partial charge in [0.05, 0.1) is 0 Å². The van der Waals surface area contributed by atoms with Crippen LogP contribution < -0.4 is 16.4 Å². The summed E-state index contributed by atoms with van der Waals surface area (Å²) in [6, 6.07) is 8.40. The Bertz CT molecular complexity index is 604. The summed E-state index contributed by atoms with van der Waals surface area (Å²) < 4.78 is 0. The first-order valence-electron chi connectivity index (χ1n) is 8.86. The number of carbonyl (C=O) groups excluding carboxylic acids is 2. The van der Waals surface area contributed by atoms with Gasteiger partial charge in [-0.05, 0) is 48.6 Å². The van der Waals surface area contributed by atoms with E-state index in [1.807, 2.05) is 0 Å². The highest BCUT2D eigenvalue weighted by Gasteiger charge is 2.33. The van der Waals surface area contributed by atoms with Gasteiger partial charge in [0, 0.05) is 18.5 Å². The molecular formula is C19H27N3O2. The zero-order valence-electron chi connectivity index (χ0n) is 14.3. The van der Waals surface area contributed by atoms with Crippen LogP contribution in [-0.2, 0) is 17.6 Å². The fraction of sp³-hybridized carbons (Fsp3) is 0.579. The Hall–Kier alpha value is -2.04. The van der Waals surface area contributed by atoms with Crippen LogP contribution in [0.3, 0.4) is 0 Å². The number of rotatable bonds is 4. The van der Waals surface area contributed by atoms with Gasteiger partial charge >= 0.3 is 6.03 Å². The van der Waals surface area contributed by atoms with Gasteiger partial charge in [-0.2, -0.15) is 0 Å². The van der Waals surface area contributed by atoms with Crippen LogP contribution in [0.1, 0.15) is 43.7 Å². The first kappa shape index (κ1) is 16.8. The van der Waals surface area contributed by atoms with E-state index in [1.165, 1.54) is 11.1 Å². The van der Waals surface area contributed by atoms with Gasteiger partial charge in [-0.3, -0.25) is 4.79 Å². The highest BCUT2D eigenvalue weighted by molar-refractivity contribution is 5.77. The van der Waals surface area contributed by atoms with Crippen LogP contribution in [-0.4, -0.2) is 24.5 Å². The lowest BCUT2D eigenvalue weighted by Gasteiger charge is -2.29. The molecule has 2 atom stereocenters. The van der Waals surface area contributed by atoms with Gasteiger partial charge < -0.3 is 16.4 Å². The molecule has 0 aliphatic heterocycles. The van der Waals surface area contributed by atoms with E-state index in [0.29, 0.717) is 13.0 Å². The molecule has 24 heavy (non-hydrogen) atoms. The third kappa shape index (κ3) is 3.89. The Labute approximate surface area is 143 Å². The summed E-state index contributed by atoms with van der Waals surface area (Å²) in [6.07, 6.45) is 5.34. The van der Waals surface area contributed by atoms with Crippen LogP contribution in [0.4, 0.5) is 4.79 Å². The molecule has 5 nitrogen and oxygen atoms in total. The fourth-order valence-corrected chi connectivity index (χ4v) is 4.12. The number of nitrogens with one attached hydrogen (secondary N) is 2. The summed E-state index contributed by atoms with van der Waals surface area (Å²) in [4.78, 5) is 23.6. The maximum atomic E-state index is 12.2. The van der Waals surface area contributed by atoms with E-state index >= 15 is 0 Å². The van der Waals surface area contributed by atoms with Gasteiger partial charge in [-0.1, -0.05) is 37.6 Å². The second-order valence-corrected chi connectivity index (χ2v) is 7.72. The van der Waals surface area contributed by atoms with Crippen LogP contribution in [0.25, 0.3) is 0 Å². The number of hydrogen-bond acceptors (Lipinski definition) is 2. The van der Waals surface area contributed by atoms with Crippen molar-refractivity contribution >= 4 is 11.9 Å². The molecule has 130 valence electrons. The van der Waals surface area contributed by atoms with E-state index in [4.69, 9.17) is 5.73 Å². The molecule has 0 saturated heterocycles. The van der Waals surface area contributed by atoms with Crippen molar-refractivity contribution in [2.24, 2.45) is 17.1 Å².